The van der Waals surface area contributed by atoms with Crippen molar-refractivity contribution in [3.63, 3.8) is 0 Å². The molecule has 0 unspecified atom stereocenters. The average Bonchev–Trinajstić information content (AvgIpc) is 3.21. The molecule has 30 heavy (non-hydrogen) atoms. The van der Waals surface area contributed by atoms with Gasteiger partial charge in [0.05, 0.1) is 4.90 Å². The van der Waals surface area contributed by atoms with Crippen molar-refractivity contribution in [3.8, 4) is 0 Å². The van der Waals surface area contributed by atoms with Crippen LogP contribution in [0.25, 0.3) is 0 Å². The maximum absolute atomic E-state index is 13.3. The third kappa shape index (κ3) is 4.03. The van der Waals surface area contributed by atoms with E-state index >= 15 is 0 Å². The quantitative estimate of drug-likeness (QED) is 0.744. The maximum Gasteiger partial charge on any atom is 0.243 e. The number of anilines is 2. The molecule has 3 heterocycles. The van der Waals surface area contributed by atoms with Crippen molar-refractivity contribution in [2.24, 2.45) is 0 Å². The molecule has 1 aromatic heterocycles. The first-order valence-electron chi connectivity index (χ1n) is 10.7. The topological polar surface area (TPSA) is 69.6 Å². The van der Waals surface area contributed by atoms with Crippen LogP contribution in [-0.2, 0) is 10.0 Å². The highest BCUT2D eigenvalue weighted by Gasteiger charge is 2.31. The first kappa shape index (κ1) is 21.1. The van der Waals surface area contributed by atoms with Gasteiger partial charge in [-0.05, 0) is 51.7 Å². The summed E-state index contributed by atoms with van der Waals surface area (Å²) in [4.78, 5) is 14.3. The molecular formula is C22H31N5O2S. The molecule has 2 fully saturated rings. The second-order valence-corrected chi connectivity index (χ2v) is 10.4. The Labute approximate surface area is 179 Å². The number of benzene rings is 1. The largest absolute Gasteiger partial charge is 0.354 e. The fraction of sp³-hybridized carbons (Fsp3) is 0.545. The van der Waals surface area contributed by atoms with E-state index in [0.717, 1.165) is 47.2 Å². The van der Waals surface area contributed by atoms with Gasteiger partial charge in [0.2, 0.25) is 16.0 Å². The van der Waals surface area contributed by atoms with Crippen LogP contribution in [0.1, 0.15) is 35.2 Å². The summed E-state index contributed by atoms with van der Waals surface area (Å²) in [5, 5.41) is 0. The van der Waals surface area contributed by atoms with E-state index in [1.165, 1.54) is 12.8 Å². The molecule has 2 aliphatic rings. The smallest absolute Gasteiger partial charge is 0.243 e. The van der Waals surface area contributed by atoms with E-state index in [0.29, 0.717) is 31.1 Å². The second-order valence-electron chi connectivity index (χ2n) is 8.48. The van der Waals surface area contributed by atoms with Crippen molar-refractivity contribution in [3.05, 3.63) is 40.6 Å². The van der Waals surface area contributed by atoms with Crippen molar-refractivity contribution in [2.75, 3.05) is 49.1 Å². The van der Waals surface area contributed by atoms with E-state index in [2.05, 4.69) is 14.8 Å². The van der Waals surface area contributed by atoms with Gasteiger partial charge in [0.1, 0.15) is 5.82 Å². The second kappa shape index (κ2) is 8.15. The van der Waals surface area contributed by atoms with Crippen LogP contribution < -0.4 is 9.80 Å². The molecule has 0 N–H and O–H groups in total. The molecule has 7 nitrogen and oxygen atoms in total. The number of nitrogens with zero attached hydrogens (tertiary/aromatic N) is 5. The summed E-state index contributed by atoms with van der Waals surface area (Å²) in [5.41, 5.74) is 3.66. The lowest BCUT2D eigenvalue weighted by Gasteiger charge is -2.35. The summed E-state index contributed by atoms with van der Waals surface area (Å²) in [7, 11) is -3.51. The maximum atomic E-state index is 13.3. The van der Waals surface area contributed by atoms with Gasteiger partial charge in [-0.15, -0.1) is 0 Å². The third-order valence-electron chi connectivity index (χ3n) is 5.98. The fourth-order valence-electron chi connectivity index (χ4n) is 4.62. The molecule has 2 aromatic rings. The van der Waals surface area contributed by atoms with E-state index in [-0.39, 0.29) is 0 Å². The molecule has 8 heteroatoms. The van der Waals surface area contributed by atoms with Gasteiger partial charge in [0.15, 0.2) is 0 Å². The summed E-state index contributed by atoms with van der Waals surface area (Å²) in [5.74, 6) is 1.69. The monoisotopic (exact) mass is 429 g/mol. The molecule has 0 atom stereocenters. The lowest BCUT2D eigenvalue weighted by Crippen LogP contribution is -2.49. The summed E-state index contributed by atoms with van der Waals surface area (Å²) in [6, 6.07) is 5.89. The number of sulfonamides is 1. The number of hydrogen-bond donors (Lipinski definition) is 0. The third-order valence-corrected chi connectivity index (χ3v) is 8.19. The predicted molar refractivity (Wildman–Crippen MR) is 120 cm³/mol. The normalized spacial score (nSPS) is 18.3. The predicted octanol–water partition coefficient (Wildman–Crippen LogP) is 2.82. The van der Waals surface area contributed by atoms with E-state index in [4.69, 9.17) is 4.98 Å². The molecule has 0 bridgehead atoms. The Balaban J connectivity index is 1.52. The number of hydrogen-bond acceptors (Lipinski definition) is 6. The van der Waals surface area contributed by atoms with E-state index < -0.39 is 10.0 Å². The molecule has 0 radical (unpaired) electrons. The van der Waals surface area contributed by atoms with E-state index in [1.54, 1.807) is 4.31 Å². The van der Waals surface area contributed by atoms with Gasteiger partial charge < -0.3 is 9.80 Å². The van der Waals surface area contributed by atoms with Crippen LogP contribution in [0.5, 0.6) is 0 Å². The van der Waals surface area contributed by atoms with Crippen LogP contribution in [0.4, 0.5) is 11.8 Å². The van der Waals surface area contributed by atoms with Crippen molar-refractivity contribution < 1.29 is 8.42 Å². The first-order valence-corrected chi connectivity index (χ1v) is 12.1. The van der Waals surface area contributed by atoms with Gasteiger partial charge in [-0.1, -0.05) is 17.7 Å². The van der Waals surface area contributed by atoms with Crippen LogP contribution in [0.15, 0.2) is 23.1 Å². The molecule has 2 saturated heterocycles. The lowest BCUT2D eigenvalue weighted by atomic mass is 10.1. The highest BCUT2D eigenvalue weighted by molar-refractivity contribution is 7.89. The molecule has 2 aliphatic heterocycles. The number of piperazine rings is 1. The van der Waals surface area contributed by atoms with Gasteiger partial charge in [-0.25, -0.2) is 13.4 Å². The van der Waals surface area contributed by atoms with Crippen molar-refractivity contribution in [1.29, 1.82) is 0 Å². The molecule has 0 amide bonds. The average molecular weight is 430 g/mol. The molecule has 0 saturated carbocycles. The van der Waals surface area contributed by atoms with Crippen molar-refractivity contribution >= 4 is 21.8 Å². The molecule has 0 spiro atoms. The SMILES string of the molecule is Cc1cc(C)c(S(=O)(=O)N2CCN(c3cc(C)nc(N4CCCC4)n3)CC2)c(C)c1. The van der Waals surface area contributed by atoms with Crippen LogP contribution in [0, 0.1) is 27.7 Å². The number of aromatic nitrogens is 2. The van der Waals surface area contributed by atoms with Gasteiger partial charge in [-0.2, -0.15) is 9.29 Å². The minimum atomic E-state index is -3.51. The fourth-order valence-corrected chi connectivity index (χ4v) is 6.45. The van der Waals surface area contributed by atoms with Crippen molar-refractivity contribution in [2.45, 2.75) is 45.4 Å². The standard InChI is InChI=1S/C22H31N5O2S/c1-16-13-17(2)21(18(3)14-16)30(28,29)27-11-9-25(10-12-27)20-15-19(4)23-22(24-20)26-7-5-6-8-26/h13-15H,5-12H2,1-4H3. The van der Waals surface area contributed by atoms with Gasteiger partial charge in [0, 0.05) is 51.0 Å². The number of rotatable bonds is 4. The zero-order chi connectivity index (χ0) is 21.5. The molecule has 162 valence electrons. The summed E-state index contributed by atoms with van der Waals surface area (Å²) in [6.07, 6.45) is 2.36. The Kier molecular flexibility index (Phi) is 5.72. The van der Waals surface area contributed by atoms with Crippen LogP contribution in [-0.4, -0.2) is 62.0 Å². The van der Waals surface area contributed by atoms with Gasteiger partial charge in [-0.3, -0.25) is 0 Å². The Hall–Kier alpha value is -2.19. The van der Waals surface area contributed by atoms with Crippen LogP contribution in [0.3, 0.4) is 0 Å². The Morgan fingerprint density at radius 2 is 1.37 bits per heavy atom. The van der Waals surface area contributed by atoms with E-state index in [9.17, 15) is 8.42 Å². The van der Waals surface area contributed by atoms with Crippen LogP contribution in [0.2, 0.25) is 0 Å². The van der Waals surface area contributed by atoms with Gasteiger partial charge >= 0.3 is 0 Å². The zero-order valence-electron chi connectivity index (χ0n) is 18.3. The molecular weight excluding hydrogens is 398 g/mol. The van der Waals surface area contributed by atoms with Crippen LogP contribution >= 0.6 is 0 Å². The molecule has 4 rings (SSSR count). The zero-order valence-corrected chi connectivity index (χ0v) is 19.2. The van der Waals surface area contributed by atoms with Crippen molar-refractivity contribution in [1.82, 2.24) is 14.3 Å². The summed E-state index contributed by atoms with van der Waals surface area (Å²) >= 11 is 0. The van der Waals surface area contributed by atoms with Gasteiger partial charge in [0.25, 0.3) is 0 Å². The van der Waals surface area contributed by atoms with E-state index in [1.807, 2.05) is 45.9 Å². The first-order chi connectivity index (χ1) is 14.3. The summed E-state index contributed by atoms with van der Waals surface area (Å²) in [6.45, 7) is 11.9. The highest BCUT2D eigenvalue weighted by atomic mass is 32.2. The number of aryl methyl sites for hydroxylation is 4. The minimum Gasteiger partial charge on any atom is -0.354 e. The lowest BCUT2D eigenvalue weighted by molar-refractivity contribution is 0.383. The highest BCUT2D eigenvalue weighted by Crippen LogP contribution is 2.27. The molecule has 1 aromatic carbocycles. The minimum absolute atomic E-state index is 0.454. The Morgan fingerprint density at radius 3 is 1.97 bits per heavy atom. The summed E-state index contributed by atoms with van der Waals surface area (Å²) < 4.78 is 28.3. The Bertz CT molecular complexity index is 1020. The Morgan fingerprint density at radius 1 is 0.767 bits per heavy atom. The molecule has 0 aliphatic carbocycles.